The molecule has 3 rings (SSSR count). The van der Waals surface area contributed by atoms with Crippen LogP contribution in [-0.4, -0.2) is 48.4 Å². The number of hydrogen-bond acceptors (Lipinski definition) is 4. The van der Waals surface area contributed by atoms with E-state index >= 15 is 0 Å². The molecule has 1 fully saturated rings. The number of benzene rings is 2. The van der Waals surface area contributed by atoms with E-state index in [0.29, 0.717) is 48.8 Å². The lowest BCUT2D eigenvalue weighted by Gasteiger charge is -2.34. The van der Waals surface area contributed by atoms with Crippen molar-refractivity contribution < 1.29 is 14.3 Å². The number of likely N-dealkylation sites (tertiary alicyclic amines) is 1. The van der Waals surface area contributed by atoms with E-state index in [1.807, 2.05) is 30.3 Å². The van der Waals surface area contributed by atoms with E-state index in [0.717, 1.165) is 5.56 Å². The number of amides is 2. The first kappa shape index (κ1) is 21.7. The fraction of sp³-hybridized carbons (Fsp3) is 0.348. The summed E-state index contributed by atoms with van der Waals surface area (Å²) < 4.78 is 5.29. The van der Waals surface area contributed by atoms with Crippen LogP contribution in [0.5, 0.6) is 5.75 Å². The van der Waals surface area contributed by atoms with Gasteiger partial charge in [0, 0.05) is 30.6 Å². The van der Waals surface area contributed by atoms with E-state index in [1.54, 1.807) is 28.0 Å². The molecule has 2 aromatic carbocycles. The number of hydrogen-bond donors (Lipinski definition) is 0. The predicted molar refractivity (Wildman–Crippen MR) is 114 cm³/mol. The third kappa shape index (κ3) is 5.11. The molecule has 6 nitrogen and oxygen atoms in total. The summed E-state index contributed by atoms with van der Waals surface area (Å²) in [5.74, 6) is 0.0873. The van der Waals surface area contributed by atoms with Crippen molar-refractivity contribution in [2.24, 2.45) is 5.92 Å². The highest BCUT2D eigenvalue weighted by atomic mass is 35.5. The lowest BCUT2D eigenvalue weighted by atomic mass is 9.94. The summed E-state index contributed by atoms with van der Waals surface area (Å²) in [5.41, 5.74) is 1.41. The molecule has 2 amide bonds. The van der Waals surface area contributed by atoms with Gasteiger partial charge in [-0.3, -0.25) is 9.59 Å². The molecule has 0 saturated carbocycles. The van der Waals surface area contributed by atoms with Crippen LogP contribution in [0.4, 0.5) is 0 Å². The van der Waals surface area contributed by atoms with Gasteiger partial charge in [0.05, 0.1) is 18.7 Å². The van der Waals surface area contributed by atoms with Crippen LogP contribution < -0.4 is 4.74 Å². The van der Waals surface area contributed by atoms with Crippen LogP contribution in [-0.2, 0) is 11.3 Å². The van der Waals surface area contributed by atoms with Crippen LogP contribution in [0.25, 0.3) is 0 Å². The minimum absolute atomic E-state index is 0.0344. The molecule has 0 atom stereocenters. The summed E-state index contributed by atoms with van der Waals surface area (Å²) in [6, 6.07) is 16.7. The SMILES string of the molecule is COc1ccc(Cl)cc1C(=O)N1CCC(C(=O)N(CC#N)Cc2ccccc2)CC1. The fourth-order valence-corrected chi connectivity index (χ4v) is 3.88. The van der Waals surface area contributed by atoms with Crippen molar-refractivity contribution in [1.82, 2.24) is 9.80 Å². The molecule has 0 aromatic heterocycles. The number of carbonyl (C=O) groups is 2. The van der Waals surface area contributed by atoms with Crippen molar-refractivity contribution in [2.75, 3.05) is 26.7 Å². The van der Waals surface area contributed by atoms with E-state index < -0.39 is 0 Å². The Balaban J connectivity index is 1.64. The van der Waals surface area contributed by atoms with Gasteiger partial charge in [0.1, 0.15) is 12.3 Å². The standard InChI is InChI=1S/C23H24ClN3O3/c1-30-21-8-7-19(24)15-20(21)23(29)26-12-9-18(10-13-26)22(28)27(14-11-25)16-17-5-3-2-4-6-17/h2-8,15,18H,9-10,12-14,16H2,1H3. The molecular formula is C23H24ClN3O3. The number of nitriles is 1. The maximum atomic E-state index is 13.0. The molecule has 7 heteroatoms. The lowest BCUT2D eigenvalue weighted by Crippen LogP contribution is -2.44. The smallest absolute Gasteiger partial charge is 0.257 e. The second-order valence-electron chi connectivity index (χ2n) is 7.25. The number of methoxy groups -OCH3 is 1. The van der Waals surface area contributed by atoms with E-state index in [1.165, 1.54) is 7.11 Å². The van der Waals surface area contributed by atoms with Crippen molar-refractivity contribution in [3.63, 3.8) is 0 Å². The van der Waals surface area contributed by atoms with Gasteiger partial charge in [-0.15, -0.1) is 0 Å². The summed E-state index contributed by atoms with van der Waals surface area (Å²) in [5, 5.41) is 9.62. The van der Waals surface area contributed by atoms with Gasteiger partial charge < -0.3 is 14.5 Å². The van der Waals surface area contributed by atoms with Crippen molar-refractivity contribution in [3.8, 4) is 11.8 Å². The molecule has 1 heterocycles. The first-order chi connectivity index (χ1) is 14.5. The summed E-state index contributed by atoms with van der Waals surface area (Å²) in [7, 11) is 1.52. The summed E-state index contributed by atoms with van der Waals surface area (Å²) in [4.78, 5) is 29.3. The Morgan fingerprint density at radius 2 is 1.90 bits per heavy atom. The average molecular weight is 426 g/mol. The molecular weight excluding hydrogens is 402 g/mol. The van der Waals surface area contributed by atoms with Crippen LogP contribution >= 0.6 is 11.6 Å². The minimum atomic E-state index is -0.202. The van der Waals surface area contributed by atoms with Crippen molar-refractivity contribution >= 4 is 23.4 Å². The highest BCUT2D eigenvalue weighted by molar-refractivity contribution is 6.31. The van der Waals surface area contributed by atoms with Gasteiger partial charge in [0.2, 0.25) is 5.91 Å². The van der Waals surface area contributed by atoms with Crippen LogP contribution in [0, 0.1) is 17.2 Å². The number of rotatable bonds is 6. The topological polar surface area (TPSA) is 73.6 Å². The quantitative estimate of drug-likeness (QED) is 0.660. The van der Waals surface area contributed by atoms with Crippen molar-refractivity contribution in [1.29, 1.82) is 5.26 Å². The zero-order chi connectivity index (χ0) is 21.5. The van der Waals surface area contributed by atoms with Crippen LogP contribution in [0.1, 0.15) is 28.8 Å². The maximum absolute atomic E-state index is 13.0. The van der Waals surface area contributed by atoms with Gasteiger partial charge >= 0.3 is 0 Å². The Kier molecular flexibility index (Phi) is 7.31. The molecule has 0 N–H and O–H groups in total. The van der Waals surface area contributed by atoms with Crippen molar-refractivity contribution in [3.05, 3.63) is 64.7 Å². The van der Waals surface area contributed by atoms with Gasteiger partial charge in [-0.25, -0.2) is 0 Å². The summed E-state index contributed by atoms with van der Waals surface area (Å²) >= 11 is 6.05. The Hall–Kier alpha value is -3.04. The van der Waals surface area contributed by atoms with Gasteiger partial charge in [0.15, 0.2) is 0 Å². The molecule has 1 saturated heterocycles. The second kappa shape index (κ2) is 10.1. The average Bonchev–Trinajstić information content (AvgIpc) is 2.78. The third-order valence-electron chi connectivity index (χ3n) is 5.31. The lowest BCUT2D eigenvalue weighted by molar-refractivity contribution is -0.136. The zero-order valence-electron chi connectivity index (χ0n) is 16.9. The molecule has 2 aromatic rings. The van der Waals surface area contributed by atoms with Gasteiger partial charge in [-0.2, -0.15) is 5.26 Å². The zero-order valence-corrected chi connectivity index (χ0v) is 17.6. The maximum Gasteiger partial charge on any atom is 0.257 e. The molecule has 1 aliphatic rings. The molecule has 1 aliphatic heterocycles. The van der Waals surface area contributed by atoms with E-state index in [4.69, 9.17) is 21.6 Å². The Labute approximate surface area is 181 Å². The van der Waals surface area contributed by atoms with Crippen LogP contribution in [0.3, 0.4) is 0 Å². The first-order valence-electron chi connectivity index (χ1n) is 9.86. The Morgan fingerprint density at radius 1 is 1.20 bits per heavy atom. The molecule has 0 unspecified atom stereocenters. The molecule has 0 radical (unpaired) electrons. The normalized spacial score (nSPS) is 14.1. The number of nitrogens with zero attached hydrogens (tertiary/aromatic N) is 3. The number of carbonyl (C=O) groups excluding carboxylic acids is 2. The highest BCUT2D eigenvalue weighted by Gasteiger charge is 2.31. The molecule has 156 valence electrons. The minimum Gasteiger partial charge on any atom is -0.496 e. The predicted octanol–water partition coefficient (Wildman–Crippen LogP) is 3.75. The largest absolute Gasteiger partial charge is 0.496 e. The van der Waals surface area contributed by atoms with E-state index in [2.05, 4.69) is 6.07 Å². The van der Waals surface area contributed by atoms with Gasteiger partial charge in [-0.05, 0) is 36.6 Å². The monoisotopic (exact) mass is 425 g/mol. The number of ether oxygens (including phenoxy) is 1. The van der Waals surface area contributed by atoms with E-state index in [-0.39, 0.29) is 24.3 Å². The third-order valence-corrected chi connectivity index (χ3v) is 5.55. The van der Waals surface area contributed by atoms with Crippen LogP contribution in [0.2, 0.25) is 5.02 Å². The molecule has 30 heavy (non-hydrogen) atoms. The summed E-state index contributed by atoms with van der Waals surface area (Å²) in [6.07, 6.45) is 1.12. The number of halogens is 1. The highest BCUT2D eigenvalue weighted by Crippen LogP contribution is 2.27. The van der Waals surface area contributed by atoms with Gasteiger partial charge in [0.25, 0.3) is 5.91 Å². The number of piperidine rings is 1. The first-order valence-corrected chi connectivity index (χ1v) is 10.2. The molecule has 0 aliphatic carbocycles. The Bertz CT molecular complexity index is 934. The van der Waals surface area contributed by atoms with Crippen LogP contribution in [0.15, 0.2) is 48.5 Å². The molecule has 0 bridgehead atoms. The molecule has 0 spiro atoms. The van der Waals surface area contributed by atoms with E-state index in [9.17, 15) is 9.59 Å². The van der Waals surface area contributed by atoms with Gasteiger partial charge in [-0.1, -0.05) is 41.9 Å². The van der Waals surface area contributed by atoms with Crippen molar-refractivity contribution in [2.45, 2.75) is 19.4 Å². The summed E-state index contributed by atoms with van der Waals surface area (Å²) in [6.45, 7) is 1.39. The second-order valence-corrected chi connectivity index (χ2v) is 7.69. The Morgan fingerprint density at radius 3 is 2.53 bits per heavy atom. The fourth-order valence-electron chi connectivity index (χ4n) is 3.71.